The number of nitrogens with zero attached hydrogens (tertiary/aromatic N) is 4. The largest absolute Gasteiger partial charge is 0.353 e. The molecule has 0 amide bonds. The summed E-state index contributed by atoms with van der Waals surface area (Å²) in [4.78, 5) is 30.4. The van der Waals surface area contributed by atoms with Gasteiger partial charge in [-0.3, -0.25) is 13.9 Å². The standard InChI is InChI=1S/C19H22ClN5O2/c1-23-15-16(22-18(23)21-14-8-3-4-9-14)24(2)19(27)25(17(15)26)11-12-6-5-7-13(20)10-12/h5-7,10,14H,3-4,8-9,11H2,1-2H3,(H,21,22). The maximum atomic E-state index is 13.1. The van der Waals surface area contributed by atoms with Crippen LogP contribution in [0.2, 0.25) is 5.02 Å². The van der Waals surface area contributed by atoms with Gasteiger partial charge < -0.3 is 9.88 Å². The quantitative estimate of drug-likeness (QED) is 0.746. The summed E-state index contributed by atoms with van der Waals surface area (Å²) in [6, 6.07) is 7.54. The summed E-state index contributed by atoms with van der Waals surface area (Å²) in [5.41, 5.74) is 0.878. The van der Waals surface area contributed by atoms with Crippen LogP contribution in [-0.4, -0.2) is 24.7 Å². The van der Waals surface area contributed by atoms with Gasteiger partial charge in [0, 0.05) is 25.2 Å². The average Bonchev–Trinajstić information content (AvgIpc) is 3.26. The zero-order valence-electron chi connectivity index (χ0n) is 15.4. The Bertz CT molecular complexity index is 1120. The highest BCUT2D eigenvalue weighted by atomic mass is 35.5. The third kappa shape index (κ3) is 3.16. The lowest BCUT2D eigenvalue weighted by molar-refractivity contribution is 0.655. The number of nitrogens with one attached hydrogen (secondary N) is 1. The molecule has 4 rings (SSSR count). The van der Waals surface area contributed by atoms with E-state index in [0.717, 1.165) is 18.4 Å². The Balaban J connectivity index is 1.82. The van der Waals surface area contributed by atoms with Crippen molar-refractivity contribution in [2.24, 2.45) is 14.1 Å². The summed E-state index contributed by atoms with van der Waals surface area (Å²) >= 11 is 6.03. The van der Waals surface area contributed by atoms with Crippen molar-refractivity contribution in [2.75, 3.05) is 5.32 Å². The van der Waals surface area contributed by atoms with Crippen LogP contribution in [0.1, 0.15) is 31.2 Å². The number of fused-ring (bicyclic) bond motifs is 1. The zero-order chi connectivity index (χ0) is 19.1. The summed E-state index contributed by atoms with van der Waals surface area (Å²) < 4.78 is 4.42. The molecule has 0 atom stereocenters. The first-order valence-electron chi connectivity index (χ1n) is 9.13. The lowest BCUT2D eigenvalue weighted by Gasteiger charge is -2.12. The van der Waals surface area contributed by atoms with Gasteiger partial charge in [-0.2, -0.15) is 4.98 Å². The minimum Gasteiger partial charge on any atom is -0.353 e. The van der Waals surface area contributed by atoms with Crippen molar-refractivity contribution >= 4 is 28.7 Å². The molecule has 1 fully saturated rings. The van der Waals surface area contributed by atoms with Crippen LogP contribution in [-0.2, 0) is 20.6 Å². The van der Waals surface area contributed by atoms with Crippen molar-refractivity contribution in [3.8, 4) is 0 Å². The van der Waals surface area contributed by atoms with E-state index < -0.39 is 5.69 Å². The van der Waals surface area contributed by atoms with E-state index in [1.54, 1.807) is 29.8 Å². The predicted octanol–water partition coefficient (Wildman–Crippen LogP) is 2.49. The average molecular weight is 388 g/mol. The van der Waals surface area contributed by atoms with E-state index in [0.29, 0.717) is 28.2 Å². The lowest BCUT2D eigenvalue weighted by atomic mass is 10.2. The van der Waals surface area contributed by atoms with Crippen LogP contribution in [0, 0.1) is 0 Å². The molecule has 0 spiro atoms. The Labute approximate surface area is 161 Å². The van der Waals surface area contributed by atoms with Crippen LogP contribution in [0.4, 0.5) is 5.95 Å². The molecule has 1 N–H and O–H groups in total. The highest BCUT2D eigenvalue weighted by Crippen LogP contribution is 2.23. The molecule has 0 radical (unpaired) electrons. The number of aromatic nitrogens is 4. The van der Waals surface area contributed by atoms with E-state index in [9.17, 15) is 9.59 Å². The zero-order valence-corrected chi connectivity index (χ0v) is 16.2. The second-order valence-corrected chi connectivity index (χ2v) is 7.59. The van der Waals surface area contributed by atoms with E-state index in [-0.39, 0.29) is 12.1 Å². The number of imidazole rings is 1. The Morgan fingerprint density at radius 3 is 2.63 bits per heavy atom. The van der Waals surface area contributed by atoms with Crippen molar-refractivity contribution in [2.45, 2.75) is 38.3 Å². The smallest absolute Gasteiger partial charge is 0.332 e. The van der Waals surface area contributed by atoms with E-state index in [2.05, 4.69) is 10.3 Å². The van der Waals surface area contributed by atoms with Crippen molar-refractivity contribution in [1.29, 1.82) is 0 Å². The molecule has 3 aromatic rings. The lowest BCUT2D eigenvalue weighted by Crippen LogP contribution is -2.39. The Kier molecular flexibility index (Phi) is 4.55. The predicted molar refractivity (Wildman–Crippen MR) is 107 cm³/mol. The number of halogens is 1. The molecule has 0 bridgehead atoms. The fraction of sp³-hybridized carbons (Fsp3) is 0.421. The minimum absolute atomic E-state index is 0.165. The van der Waals surface area contributed by atoms with Crippen LogP contribution < -0.4 is 16.6 Å². The highest BCUT2D eigenvalue weighted by molar-refractivity contribution is 6.30. The van der Waals surface area contributed by atoms with Gasteiger partial charge in [-0.15, -0.1) is 0 Å². The molecule has 0 aliphatic heterocycles. The first-order chi connectivity index (χ1) is 13.0. The minimum atomic E-state index is -0.391. The number of hydrogen-bond donors (Lipinski definition) is 1. The molecule has 27 heavy (non-hydrogen) atoms. The second kappa shape index (κ2) is 6.88. The van der Waals surface area contributed by atoms with Gasteiger partial charge in [-0.05, 0) is 30.5 Å². The van der Waals surface area contributed by atoms with Gasteiger partial charge in [0.05, 0.1) is 6.54 Å². The monoisotopic (exact) mass is 387 g/mol. The molecular weight excluding hydrogens is 366 g/mol. The van der Waals surface area contributed by atoms with Gasteiger partial charge in [0.1, 0.15) is 0 Å². The van der Waals surface area contributed by atoms with E-state index >= 15 is 0 Å². The van der Waals surface area contributed by atoms with Crippen molar-refractivity contribution in [1.82, 2.24) is 18.7 Å². The van der Waals surface area contributed by atoms with E-state index in [1.807, 2.05) is 13.1 Å². The number of rotatable bonds is 4. The number of benzene rings is 1. The molecule has 2 aromatic heterocycles. The van der Waals surface area contributed by atoms with Crippen LogP contribution >= 0.6 is 11.6 Å². The molecule has 0 saturated heterocycles. The second-order valence-electron chi connectivity index (χ2n) is 7.16. The summed E-state index contributed by atoms with van der Waals surface area (Å²) in [6.45, 7) is 0.165. The first kappa shape index (κ1) is 17.9. The number of hydrogen-bond acceptors (Lipinski definition) is 4. The molecule has 1 aliphatic carbocycles. The van der Waals surface area contributed by atoms with Gasteiger partial charge in [0.25, 0.3) is 5.56 Å². The fourth-order valence-electron chi connectivity index (χ4n) is 3.78. The van der Waals surface area contributed by atoms with Gasteiger partial charge in [-0.25, -0.2) is 4.79 Å². The number of aryl methyl sites for hydroxylation is 2. The van der Waals surface area contributed by atoms with Gasteiger partial charge in [0.2, 0.25) is 5.95 Å². The van der Waals surface area contributed by atoms with Crippen LogP contribution in [0.25, 0.3) is 11.2 Å². The molecular formula is C19H22ClN5O2. The molecule has 142 valence electrons. The Morgan fingerprint density at radius 1 is 1.19 bits per heavy atom. The highest BCUT2D eigenvalue weighted by Gasteiger charge is 2.21. The van der Waals surface area contributed by atoms with Gasteiger partial charge in [0.15, 0.2) is 11.2 Å². The normalized spacial score (nSPS) is 14.9. The van der Waals surface area contributed by atoms with Crippen molar-refractivity contribution < 1.29 is 0 Å². The third-order valence-corrected chi connectivity index (χ3v) is 5.51. The van der Waals surface area contributed by atoms with Gasteiger partial charge in [-0.1, -0.05) is 36.6 Å². The maximum Gasteiger partial charge on any atom is 0.332 e. The molecule has 2 heterocycles. The number of anilines is 1. The molecule has 0 unspecified atom stereocenters. The van der Waals surface area contributed by atoms with Crippen molar-refractivity contribution in [3.05, 3.63) is 55.7 Å². The van der Waals surface area contributed by atoms with Crippen LogP contribution in [0.3, 0.4) is 0 Å². The Morgan fingerprint density at radius 2 is 1.93 bits per heavy atom. The maximum absolute atomic E-state index is 13.1. The van der Waals surface area contributed by atoms with Crippen LogP contribution in [0.15, 0.2) is 33.9 Å². The van der Waals surface area contributed by atoms with Crippen molar-refractivity contribution in [3.63, 3.8) is 0 Å². The molecule has 8 heteroatoms. The summed E-state index contributed by atoms with van der Waals surface area (Å²) in [5, 5.41) is 3.99. The molecule has 1 saturated carbocycles. The van der Waals surface area contributed by atoms with Gasteiger partial charge >= 0.3 is 5.69 Å². The fourth-order valence-corrected chi connectivity index (χ4v) is 4.00. The summed E-state index contributed by atoms with van der Waals surface area (Å²) in [6.07, 6.45) is 4.60. The third-order valence-electron chi connectivity index (χ3n) is 5.28. The molecule has 1 aliphatic rings. The Hall–Kier alpha value is -2.54. The summed E-state index contributed by atoms with van der Waals surface area (Å²) in [7, 11) is 3.45. The van der Waals surface area contributed by atoms with E-state index in [4.69, 9.17) is 11.6 Å². The van der Waals surface area contributed by atoms with Crippen LogP contribution in [0.5, 0.6) is 0 Å². The topological polar surface area (TPSA) is 73.8 Å². The summed E-state index contributed by atoms with van der Waals surface area (Å²) in [5.74, 6) is 0.629. The first-order valence-corrected chi connectivity index (χ1v) is 9.50. The molecule has 7 nitrogen and oxygen atoms in total. The molecule has 1 aromatic carbocycles. The SMILES string of the molecule is Cn1c(NC2CCCC2)nc2c1c(=O)n(Cc1cccc(Cl)c1)c(=O)n2C. The van der Waals surface area contributed by atoms with E-state index in [1.165, 1.54) is 22.0 Å².